The van der Waals surface area contributed by atoms with Gasteiger partial charge in [-0.15, -0.1) is 0 Å². The summed E-state index contributed by atoms with van der Waals surface area (Å²) in [4.78, 5) is 37.9. The lowest BCUT2D eigenvalue weighted by Gasteiger charge is -2.18. The lowest BCUT2D eigenvalue weighted by Crippen LogP contribution is -2.30. The van der Waals surface area contributed by atoms with E-state index in [4.69, 9.17) is 14.2 Å². The van der Waals surface area contributed by atoms with Gasteiger partial charge in [-0.3, -0.25) is 14.4 Å². The van der Waals surface area contributed by atoms with Gasteiger partial charge in [-0.2, -0.15) is 0 Å². The van der Waals surface area contributed by atoms with E-state index in [0.717, 1.165) is 89.9 Å². The van der Waals surface area contributed by atoms with Crippen molar-refractivity contribution in [1.82, 2.24) is 0 Å². The summed E-state index contributed by atoms with van der Waals surface area (Å²) in [6.45, 7) is 6.44. The standard InChI is InChI=1S/C57H96O6/c1-4-7-10-13-16-19-22-25-27-29-31-32-35-38-41-44-47-50-56(59)62-53-54(52-61-55(58)49-46-43-40-37-34-24-21-18-15-12-9-6-3)63-57(60)51-48-45-42-39-36-33-30-28-26-23-20-17-14-11-8-5-2/h7,10,16,19,25,27-28,30-33,36,38,41,54H,4-6,8-9,11-15,17-18,20-24,26,29,34-35,37,39-40,42-53H2,1-3H3/b10-7-,19-16-,27-25-,30-28-,32-31-,36-33-,41-38-. The summed E-state index contributed by atoms with van der Waals surface area (Å²) < 4.78 is 16.7. The molecule has 0 aromatic carbocycles. The maximum absolute atomic E-state index is 12.8. The Labute approximate surface area is 388 Å². The zero-order valence-corrected chi connectivity index (χ0v) is 41.1. The van der Waals surface area contributed by atoms with E-state index in [-0.39, 0.29) is 44.0 Å². The summed E-state index contributed by atoms with van der Waals surface area (Å²) in [6, 6.07) is 0. The number of carbonyl (C=O) groups is 3. The third-order valence-electron chi connectivity index (χ3n) is 10.9. The summed E-state index contributed by atoms with van der Waals surface area (Å²) in [7, 11) is 0. The summed E-state index contributed by atoms with van der Waals surface area (Å²) in [5.74, 6) is -0.991. The minimum absolute atomic E-state index is 0.104. The van der Waals surface area contributed by atoms with Crippen molar-refractivity contribution >= 4 is 17.9 Å². The van der Waals surface area contributed by atoms with Gasteiger partial charge in [0.15, 0.2) is 6.10 Å². The maximum Gasteiger partial charge on any atom is 0.306 e. The van der Waals surface area contributed by atoms with E-state index in [1.165, 1.54) is 103 Å². The van der Waals surface area contributed by atoms with E-state index < -0.39 is 6.10 Å². The largest absolute Gasteiger partial charge is 0.462 e. The number of carbonyl (C=O) groups excluding carboxylic acids is 3. The van der Waals surface area contributed by atoms with Gasteiger partial charge in [-0.05, 0) is 83.5 Å². The molecule has 0 bridgehead atoms. The van der Waals surface area contributed by atoms with Crippen molar-refractivity contribution in [2.75, 3.05) is 13.2 Å². The predicted molar refractivity (Wildman–Crippen MR) is 270 cm³/mol. The number of unbranched alkanes of at least 4 members (excludes halogenated alkanes) is 22. The van der Waals surface area contributed by atoms with Gasteiger partial charge < -0.3 is 14.2 Å². The molecule has 1 atom stereocenters. The molecule has 0 saturated carbocycles. The van der Waals surface area contributed by atoms with E-state index >= 15 is 0 Å². The molecule has 0 heterocycles. The zero-order chi connectivity index (χ0) is 45.8. The highest BCUT2D eigenvalue weighted by Gasteiger charge is 2.19. The van der Waals surface area contributed by atoms with Crippen LogP contribution in [0.2, 0.25) is 0 Å². The number of esters is 3. The topological polar surface area (TPSA) is 78.9 Å². The SMILES string of the molecule is CC/C=C\C/C=C\C/C=C\C/C=C\C/C=C\CCCC(=O)OCC(COC(=O)CCCCCCCCCCCCCC)OC(=O)CCCCC/C=C\C=C/CCCCCCCCC. The Morgan fingerprint density at radius 3 is 1.13 bits per heavy atom. The van der Waals surface area contributed by atoms with E-state index in [9.17, 15) is 14.4 Å². The molecule has 360 valence electrons. The Bertz CT molecular complexity index is 1240. The molecule has 6 heteroatoms. The molecule has 63 heavy (non-hydrogen) atoms. The quantitative estimate of drug-likeness (QED) is 0.0199. The Balaban J connectivity index is 4.52. The number of hydrogen-bond donors (Lipinski definition) is 0. The Kier molecular flexibility index (Phi) is 48.5. The Hall–Kier alpha value is -3.41. The van der Waals surface area contributed by atoms with Gasteiger partial charge in [0, 0.05) is 19.3 Å². The predicted octanol–water partition coefficient (Wildman–Crippen LogP) is 17.2. The molecule has 6 nitrogen and oxygen atoms in total. The smallest absolute Gasteiger partial charge is 0.306 e. The van der Waals surface area contributed by atoms with Crippen LogP contribution >= 0.6 is 0 Å². The van der Waals surface area contributed by atoms with Crippen LogP contribution in [-0.4, -0.2) is 37.2 Å². The number of rotatable bonds is 46. The van der Waals surface area contributed by atoms with Gasteiger partial charge in [-0.25, -0.2) is 0 Å². The minimum Gasteiger partial charge on any atom is -0.462 e. The van der Waals surface area contributed by atoms with E-state index in [2.05, 4.69) is 106 Å². The molecule has 0 aromatic rings. The van der Waals surface area contributed by atoms with Crippen molar-refractivity contribution in [2.45, 2.75) is 245 Å². The van der Waals surface area contributed by atoms with Gasteiger partial charge in [0.2, 0.25) is 0 Å². The minimum atomic E-state index is -0.811. The molecular weight excluding hydrogens is 781 g/mol. The van der Waals surface area contributed by atoms with Crippen LogP contribution in [0.3, 0.4) is 0 Å². The fraction of sp³-hybridized carbons (Fsp3) is 0.702. The molecule has 0 saturated heterocycles. The van der Waals surface area contributed by atoms with Crippen molar-refractivity contribution in [3.63, 3.8) is 0 Å². The fourth-order valence-corrected chi connectivity index (χ4v) is 7.00. The average Bonchev–Trinajstić information content (AvgIpc) is 3.28. The van der Waals surface area contributed by atoms with Crippen LogP contribution in [0, 0.1) is 0 Å². The van der Waals surface area contributed by atoms with Crippen LogP contribution < -0.4 is 0 Å². The van der Waals surface area contributed by atoms with Crippen molar-refractivity contribution in [3.05, 3.63) is 85.1 Å². The Morgan fingerprint density at radius 2 is 0.683 bits per heavy atom. The zero-order valence-electron chi connectivity index (χ0n) is 41.1. The second-order valence-corrected chi connectivity index (χ2v) is 17.1. The molecule has 0 rings (SSSR count). The van der Waals surface area contributed by atoms with Gasteiger partial charge in [0.25, 0.3) is 0 Å². The molecule has 0 N–H and O–H groups in total. The lowest BCUT2D eigenvalue weighted by molar-refractivity contribution is -0.167. The van der Waals surface area contributed by atoms with Crippen LogP contribution in [0.25, 0.3) is 0 Å². The highest BCUT2D eigenvalue weighted by atomic mass is 16.6. The highest BCUT2D eigenvalue weighted by molar-refractivity contribution is 5.71. The number of ether oxygens (including phenoxy) is 3. The summed E-state index contributed by atoms with van der Waals surface area (Å²) in [5.41, 5.74) is 0. The second-order valence-electron chi connectivity index (χ2n) is 17.1. The summed E-state index contributed by atoms with van der Waals surface area (Å²) in [5, 5.41) is 0. The molecule has 0 spiro atoms. The fourth-order valence-electron chi connectivity index (χ4n) is 7.00. The molecule has 0 aromatic heterocycles. The van der Waals surface area contributed by atoms with Gasteiger partial charge >= 0.3 is 17.9 Å². The first-order chi connectivity index (χ1) is 31.0. The number of allylic oxidation sites excluding steroid dienone is 14. The van der Waals surface area contributed by atoms with E-state index in [1.54, 1.807) is 0 Å². The highest BCUT2D eigenvalue weighted by Crippen LogP contribution is 2.14. The normalized spacial score (nSPS) is 12.7. The van der Waals surface area contributed by atoms with Crippen LogP contribution in [0.1, 0.15) is 239 Å². The molecular formula is C57H96O6. The third kappa shape index (κ3) is 49.5. The van der Waals surface area contributed by atoms with E-state index in [1.807, 2.05) is 0 Å². The first-order valence-corrected chi connectivity index (χ1v) is 26.1. The lowest BCUT2D eigenvalue weighted by atomic mass is 10.0. The molecule has 0 aliphatic carbocycles. The first-order valence-electron chi connectivity index (χ1n) is 26.1. The van der Waals surface area contributed by atoms with Crippen LogP contribution in [0.5, 0.6) is 0 Å². The average molecular weight is 877 g/mol. The number of hydrogen-bond acceptors (Lipinski definition) is 6. The van der Waals surface area contributed by atoms with Crippen molar-refractivity contribution in [3.8, 4) is 0 Å². The van der Waals surface area contributed by atoms with Crippen molar-refractivity contribution in [2.24, 2.45) is 0 Å². The second kappa shape index (κ2) is 51.2. The van der Waals surface area contributed by atoms with Gasteiger partial charge in [0.1, 0.15) is 13.2 Å². The molecule has 0 radical (unpaired) electrons. The summed E-state index contributed by atoms with van der Waals surface area (Å²) >= 11 is 0. The monoisotopic (exact) mass is 877 g/mol. The molecule has 0 aliphatic rings. The van der Waals surface area contributed by atoms with Gasteiger partial charge in [-0.1, -0.05) is 221 Å². The third-order valence-corrected chi connectivity index (χ3v) is 10.9. The van der Waals surface area contributed by atoms with E-state index in [0.29, 0.717) is 12.8 Å². The van der Waals surface area contributed by atoms with Crippen molar-refractivity contribution in [1.29, 1.82) is 0 Å². The van der Waals surface area contributed by atoms with Gasteiger partial charge in [0.05, 0.1) is 0 Å². The van der Waals surface area contributed by atoms with Crippen molar-refractivity contribution < 1.29 is 28.6 Å². The summed E-state index contributed by atoms with van der Waals surface area (Å²) in [6.07, 6.45) is 65.7. The van der Waals surface area contributed by atoms with Crippen LogP contribution in [0.4, 0.5) is 0 Å². The molecule has 0 fully saturated rings. The van der Waals surface area contributed by atoms with Crippen LogP contribution in [-0.2, 0) is 28.6 Å². The molecule has 1 unspecified atom stereocenters. The van der Waals surface area contributed by atoms with Crippen LogP contribution in [0.15, 0.2) is 85.1 Å². The molecule has 0 amide bonds. The first kappa shape index (κ1) is 59.6. The Morgan fingerprint density at radius 1 is 0.349 bits per heavy atom. The maximum atomic E-state index is 12.8. The molecule has 0 aliphatic heterocycles.